The van der Waals surface area contributed by atoms with E-state index in [0.717, 1.165) is 43.0 Å². The molecule has 6 nitrogen and oxygen atoms in total. The summed E-state index contributed by atoms with van der Waals surface area (Å²) in [5.74, 6) is -1.14. The SMILES string of the molecule is COc1cc(F)ccc1-c1ccnc(C(C(N)=O)c2ccc(N3CCN(C)CC3)cc2)c1. The molecule has 2 aromatic carbocycles. The maximum Gasteiger partial charge on any atom is 0.231 e. The average Bonchev–Trinajstić information content (AvgIpc) is 2.80. The number of methoxy groups -OCH3 is 1. The number of aromatic nitrogens is 1. The number of amides is 1. The second-order valence-corrected chi connectivity index (χ2v) is 8.03. The maximum atomic E-state index is 13.6. The van der Waals surface area contributed by atoms with Crippen LogP contribution in [0.25, 0.3) is 11.1 Å². The molecule has 1 aliphatic heterocycles. The van der Waals surface area contributed by atoms with Crippen LogP contribution >= 0.6 is 0 Å². The molecule has 7 heteroatoms. The number of rotatable bonds is 6. The fourth-order valence-electron chi connectivity index (χ4n) is 4.10. The number of carbonyl (C=O) groups is 1. The molecule has 1 saturated heterocycles. The average molecular weight is 435 g/mol. The van der Waals surface area contributed by atoms with Crippen molar-refractivity contribution in [3.05, 3.63) is 77.9 Å². The van der Waals surface area contributed by atoms with Gasteiger partial charge in [0, 0.05) is 49.7 Å². The molecule has 1 aliphatic rings. The molecule has 0 bridgehead atoms. The number of benzene rings is 2. The standard InChI is InChI=1S/C25H27FN4O2/c1-29-11-13-30(14-12-29)20-6-3-17(4-7-20)24(25(27)31)22-15-18(9-10-28-22)21-8-5-19(26)16-23(21)32-2/h3-10,15-16,24H,11-14H2,1-2H3,(H2,27,31). The quantitative estimate of drug-likeness (QED) is 0.645. The zero-order valence-electron chi connectivity index (χ0n) is 18.3. The van der Waals surface area contributed by atoms with Gasteiger partial charge in [0.1, 0.15) is 17.5 Å². The van der Waals surface area contributed by atoms with E-state index in [4.69, 9.17) is 10.5 Å². The van der Waals surface area contributed by atoms with Gasteiger partial charge in [0.15, 0.2) is 0 Å². The lowest BCUT2D eigenvalue weighted by molar-refractivity contribution is -0.118. The van der Waals surface area contributed by atoms with Crippen molar-refractivity contribution >= 4 is 11.6 Å². The predicted octanol–water partition coefficient (Wildman–Crippen LogP) is 3.27. The number of halogens is 1. The molecule has 0 saturated carbocycles. The Morgan fingerprint density at radius 2 is 1.78 bits per heavy atom. The third-order valence-corrected chi connectivity index (χ3v) is 5.93. The van der Waals surface area contributed by atoms with Crippen LogP contribution in [-0.4, -0.2) is 56.1 Å². The predicted molar refractivity (Wildman–Crippen MR) is 123 cm³/mol. The molecule has 0 spiro atoms. The first-order chi connectivity index (χ1) is 15.5. The lowest BCUT2D eigenvalue weighted by Crippen LogP contribution is -2.44. The van der Waals surface area contributed by atoms with E-state index in [2.05, 4.69) is 21.8 Å². The topological polar surface area (TPSA) is 71.7 Å². The molecule has 3 aromatic rings. The first kappa shape index (κ1) is 21.8. The number of primary amides is 1. The molecule has 2 N–H and O–H groups in total. The van der Waals surface area contributed by atoms with E-state index in [9.17, 15) is 9.18 Å². The minimum Gasteiger partial charge on any atom is -0.496 e. The minimum absolute atomic E-state index is 0.379. The van der Waals surface area contributed by atoms with E-state index in [0.29, 0.717) is 17.0 Å². The number of carbonyl (C=O) groups excluding carboxylic acids is 1. The van der Waals surface area contributed by atoms with Crippen molar-refractivity contribution in [2.24, 2.45) is 5.73 Å². The van der Waals surface area contributed by atoms with E-state index in [1.807, 2.05) is 24.3 Å². The van der Waals surface area contributed by atoms with E-state index in [-0.39, 0.29) is 5.82 Å². The number of nitrogens with zero attached hydrogens (tertiary/aromatic N) is 3. The molecule has 4 rings (SSSR count). The van der Waals surface area contributed by atoms with Gasteiger partial charge in [-0.15, -0.1) is 0 Å². The number of anilines is 1. The molecule has 0 radical (unpaired) electrons. The summed E-state index contributed by atoms with van der Waals surface area (Å²) in [5.41, 5.74) is 9.72. The van der Waals surface area contributed by atoms with Gasteiger partial charge < -0.3 is 20.3 Å². The Balaban J connectivity index is 1.64. The van der Waals surface area contributed by atoms with Gasteiger partial charge in [-0.3, -0.25) is 9.78 Å². The van der Waals surface area contributed by atoms with Gasteiger partial charge in [-0.25, -0.2) is 4.39 Å². The summed E-state index contributed by atoms with van der Waals surface area (Å²) < 4.78 is 18.9. The van der Waals surface area contributed by atoms with Crippen LogP contribution in [0.5, 0.6) is 5.75 Å². The Hall–Kier alpha value is -3.45. The summed E-state index contributed by atoms with van der Waals surface area (Å²) >= 11 is 0. The third-order valence-electron chi connectivity index (χ3n) is 5.93. The van der Waals surface area contributed by atoms with Crippen molar-refractivity contribution in [2.45, 2.75) is 5.92 Å². The number of ether oxygens (including phenoxy) is 1. The molecule has 1 amide bonds. The maximum absolute atomic E-state index is 13.6. The van der Waals surface area contributed by atoms with E-state index in [1.54, 1.807) is 24.4 Å². The molecule has 0 aliphatic carbocycles. The summed E-state index contributed by atoms with van der Waals surface area (Å²) in [7, 11) is 3.62. The van der Waals surface area contributed by atoms with Gasteiger partial charge >= 0.3 is 0 Å². The van der Waals surface area contributed by atoms with Crippen LogP contribution in [0.4, 0.5) is 10.1 Å². The summed E-state index contributed by atoms with van der Waals surface area (Å²) in [5, 5.41) is 0. The van der Waals surface area contributed by atoms with Gasteiger partial charge in [0.2, 0.25) is 5.91 Å². The molecule has 166 valence electrons. The Bertz CT molecular complexity index is 1100. The molecule has 1 aromatic heterocycles. The largest absolute Gasteiger partial charge is 0.496 e. The van der Waals surface area contributed by atoms with Gasteiger partial charge in [0.05, 0.1) is 12.8 Å². The van der Waals surface area contributed by atoms with Crippen LogP contribution in [0.1, 0.15) is 17.2 Å². The molecule has 2 heterocycles. The Kier molecular flexibility index (Phi) is 6.37. The van der Waals surface area contributed by atoms with Gasteiger partial charge in [-0.2, -0.15) is 0 Å². The van der Waals surface area contributed by atoms with Crippen molar-refractivity contribution < 1.29 is 13.9 Å². The number of piperazine rings is 1. The Labute approximate surface area is 187 Å². The van der Waals surface area contributed by atoms with Gasteiger partial charge in [0.25, 0.3) is 0 Å². The molecule has 1 fully saturated rings. The number of pyridine rings is 1. The van der Waals surface area contributed by atoms with Crippen molar-refractivity contribution in [1.29, 1.82) is 0 Å². The zero-order chi connectivity index (χ0) is 22.7. The van der Waals surface area contributed by atoms with Crippen LogP contribution in [0, 0.1) is 5.82 Å². The monoisotopic (exact) mass is 434 g/mol. The molecule has 1 atom stereocenters. The highest BCUT2D eigenvalue weighted by molar-refractivity contribution is 5.86. The van der Waals surface area contributed by atoms with Crippen molar-refractivity contribution in [1.82, 2.24) is 9.88 Å². The Morgan fingerprint density at radius 3 is 2.44 bits per heavy atom. The number of hydrogen-bond acceptors (Lipinski definition) is 5. The molecule has 1 unspecified atom stereocenters. The minimum atomic E-state index is -0.692. The molecule has 32 heavy (non-hydrogen) atoms. The summed E-state index contributed by atoms with van der Waals surface area (Å²) in [4.78, 5) is 21.5. The van der Waals surface area contributed by atoms with Crippen molar-refractivity contribution in [3.63, 3.8) is 0 Å². The normalized spacial score (nSPS) is 15.4. The summed E-state index contributed by atoms with van der Waals surface area (Å²) in [6, 6.07) is 15.9. The lowest BCUT2D eigenvalue weighted by atomic mass is 9.92. The first-order valence-corrected chi connectivity index (χ1v) is 10.6. The van der Waals surface area contributed by atoms with Gasteiger partial charge in [-0.1, -0.05) is 12.1 Å². The zero-order valence-corrected chi connectivity index (χ0v) is 18.3. The number of hydrogen-bond donors (Lipinski definition) is 1. The van der Waals surface area contributed by atoms with Crippen LogP contribution in [-0.2, 0) is 4.79 Å². The smallest absolute Gasteiger partial charge is 0.231 e. The van der Waals surface area contributed by atoms with E-state index >= 15 is 0 Å². The number of likely N-dealkylation sites (N-methyl/N-ethyl adjacent to an activating group) is 1. The summed E-state index contributed by atoms with van der Waals surface area (Å²) in [6.45, 7) is 3.99. The van der Waals surface area contributed by atoms with Crippen LogP contribution in [0.3, 0.4) is 0 Å². The molecular formula is C25H27FN4O2. The highest BCUT2D eigenvalue weighted by Gasteiger charge is 2.23. The second kappa shape index (κ2) is 9.36. The van der Waals surface area contributed by atoms with Gasteiger partial charge in [-0.05, 0) is 54.6 Å². The van der Waals surface area contributed by atoms with E-state index < -0.39 is 11.8 Å². The third kappa shape index (κ3) is 4.57. The lowest BCUT2D eigenvalue weighted by Gasteiger charge is -2.34. The van der Waals surface area contributed by atoms with Crippen molar-refractivity contribution in [3.8, 4) is 16.9 Å². The fourth-order valence-corrected chi connectivity index (χ4v) is 4.10. The van der Waals surface area contributed by atoms with E-state index in [1.165, 1.54) is 19.2 Å². The fraction of sp³-hybridized carbons (Fsp3) is 0.280. The highest BCUT2D eigenvalue weighted by atomic mass is 19.1. The van der Waals surface area contributed by atoms with Crippen LogP contribution in [0.2, 0.25) is 0 Å². The number of nitrogens with two attached hydrogens (primary N) is 1. The Morgan fingerprint density at radius 1 is 1.06 bits per heavy atom. The second-order valence-electron chi connectivity index (χ2n) is 8.03. The van der Waals surface area contributed by atoms with Crippen molar-refractivity contribution in [2.75, 3.05) is 45.2 Å². The summed E-state index contributed by atoms with van der Waals surface area (Å²) in [6.07, 6.45) is 1.63. The first-order valence-electron chi connectivity index (χ1n) is 10.6. The molecular weight excluding hydrogens is 407 g/mol. The van der Waals surface area contributed by atoms with Crippen LogP contribution in [0.15, 0.2) is 60.8 Å². The highest BCUT2D eigenvalue weighted by Crippen LogP contribution is 2.33. The van der Waals surface area contributed by atoms with Crippen LogP contribution < -0.4 is 15.4 Å².